The van der Waals surface area contributed by atoms with Crippen LogP contribution in [0, 0.1) is 5.92 Å². The van der Waals surface area contributed by atoms with Crippen molar-refractivity contribution in [3.63, 3.8) is 0 Å². The standard InChI is InChI=1S/C29H36N4O4/c1-33(2)18-20-5-3-6-22(15-20)32-23-9-10-26(30-16-23)25-7-4-8-27-28(25)37-24(19-36-27)17-31-29(34)21-11-13-35-14-12-21/h3-10,15,21,24,30,32H,11-14,16-19H2,1-2H3,(H,31,34). The zero-order valence-corrected chi connectivity index (χ0v) is 21.6. The van der Waals surface area contributed by atoms with E-state index < -0.39 is 0 Å². The molecule has 0 saturated carbocycles. The monoisotopic (exact) mass is 504 g/mol. The van der Waals surface area contributed by atoms with Crippen LogP contribution < -0.4 is 25.4 Å². The average Bonchev–Trinajstić information content (AvgIpc) is 2.92. The van der Waals surface area contributed by atoms with E-state index in [1.165, 1.54) is 5.56 Å². The minimum absolute atomic E-state index is 0.0164. The van der Waals surface area contributed by atoms with Crippen LogP contribution in [0.4, 0.5) is 5.69 Å². The van der Waals surface area contributed by atoms with Crippen molar-refractivity contribution in [2.75, 3.05) is 52.3 Å². The molecular formula is C29H36N4O4. The van der Waals surface area contributed by atoms with Crippen LogP contribution >= 0.6 is 0 Å². The van der Waals surface area contributed by atoms with Crippen LogP contribution in [0.15, 0.2) is 60.3 Å². The van der Waals surface area contributed by atoms with E-state index in [0.29, 0.717) is 38.7 Å². The summed E-state index contributed by atoms with van der Waals surface area (Å²) < 4.78 is 17.7. The first-order valence-corrected chi connectivity index (χ1v) is 13.0. The smallest absolute Gasteiger partial charge is 0.223 e. The van der Waals surface area contributed by atoms with Crippen molar-refractivity contribution in [3.05, 3.63) is 71.4 Å². The first-order chi connectivity index (χ1) is 18.0. The second-order valence-electron chi connectivity index (χ2n) is 10.0. The Balaban J connectivity index is 1.23. The predicted molar refractivity (Wildman–Crippen MR) is 144 cm³/mol. The second-order valence-corrected chi connectivity index (χ2v) is 10.0. The Morgan fingerprint density at radius 1 is 1.11 bits per heavy atom. The van der Waals surface area contributed by atoms with Gasteiger partial charge in [0.2, 0.25) is 5.91 Å². The summed E-state index contributed by atoms with van der Waals surface area (Å²) in [7, 11) is 4.14. The van der Waals surface area contributed by atoms with Crippen LogP contribution in [0.1, 0.15) is 24.0 Å². The Bertz CT molecular complexity index is 1170. The Kier molecular flexibility index (Phi) is 7.96. The summed E-state index contributed by atoms with van der Waals surface area (Å²) in [6.07, 6.45) is 5.45. The lowest BCUT2D eigenvalue weighted by Crippen LogP contribution is -2.43. The molecule has 3 N–H and O–H groups in total. The fourth-order valence-corrected chi connectivity index (χ4v) is 4.83. The van der Waals surface area contributed by atoms with E-state index in [9.17, 15) is 4.79 Å². The van der Waals surface area contributed by atoms with Gasteiger partial charge < -0.3 is 35.1 Å². The Labute approximate surface area is 218 Å². The Morgan fingerprint density at radius 2 is 1.95 bits per heavy atom. The van der Waals surface area contributed by atoms with Gasteiger partial charge in [-0.15, -0.1) is 0 Å². The molecule has 3 heterocycles. The summed E-state index contributed by atoms with van der Waals surface area (Å²) in [5, 5.41) is 10.1. The van der Waals surface area contributed by atoms with Gasteiger partial charge in [0, 0.05) is 48.3 Å². The van der Waals surface area contributed by atoms with Gasteiger partial charge in [0.1, 0.15) is 12.7 Å². The highest BCUT2D eigenvalue weighted by atomic mass is 16.6. The lowest BCUT2D eigenvalue weighted by Gasteiger charge is -2.30. The Morgan fingerprint density at radius 3 is 2.73 bits per heavy atom. The summed E-state index contributed by atoms with van der Waals surface area (Å²) in [4.78, 5) is 14.7. The van der Waals surface area contributed by atoms with Crippen molar-refractivity contribution in [2.45, 2.75) is 25.5 Å². The first kappa shape index (κ1) is 25.2. The van der Waals surface area contributed by atoms with Crippen molar-refractivity contribution in [1.82, 2.24) is 15.5 Å². The molecule has 8 heteroatoms. The van der Waals surface area contributed by atoms with Crippen LogP contribution in [-0.4, -0.2) is 63.9 Å². The molecule has 0 spiro atoms. The van der Waals surface area contributed by atoms with Gasteiger partial charge in [0.25, 0.3) is 0 Å². The van der Waals surface area contributed by atoms with Gasteiger partial charge in [-0.1, -0.05) is 18.2 Å². The zero-order valence-electron chi connectivity index (χ0n) is 21.6. The van der Waals surface area contributed by atoms with E-state index >= 15 is 0 Å². The van der Waals surface area contributed by atoms with Crippen LogP contribution in [0.3, 0.4) is 0 Å². The van der Waals surface area contributed by atoms with Gasteiger partial charge in [0.05, 0.1) is 13.1 Å². The highest BCUT2D eigenvalue weighted by molar-refractivity contribution is 5.79. The summed E-state index contributed by atoms with van der Waals surface area (Å²) in [6.45, 7) is 3.68. The molecule has 1 saturated heterocycles. The maximum atomic E-state index is 12.5. The van der Waals surface area contributed by atoms with E-state index in [0.717, 1.165) is 47.8 Å². The van der Waals surface area contributed by atoms with Crippen LogP contribution in [-0.2, 0) is 16.1 Å². The number of carbonyl (C=O) groups is 1. The summed E-state index contributed by atoms with van der Waals surface area (Å²) in [5.74, 6) is 1.51. The Hall–Kier alpha value is -3.49. The molecular weight excluding hydrogens is 468 g/mol. The first-order valence-electron chi connectivity index (χ1n) is 13.0. The molecule has 2 aromatic rings. The van der Waals surface area contributed by atoms with Crippen molar-refractivity contribution in [2.24, 2.45) is 5.92 Å². The van der Waals surface area contributed by atoms with E-state index in [4.69, 9.17) is 14.2 Å². The molecule has 1 amide bonds. The molecule has 37 heavy (non-hydrogen) atoms. The number of hydrogen-bond acceptors (Lipinski definition) is 7. The molecule has 3 aliphatic heterocycles. The lowest BCUT2D eigenvalue weighted by atomic mass is 9.99. The molecule has 0 radical (unpaired) electrons. The zero-order chi connectivity index (χ0) is 25.6. The maximum absolute atomic E-state index is 12.5. The third-order valence-electron chi connectivity index (χ3n) is 6.73. The number of fused-ring (bicyclic) bond motifs is 1. The molecule has 1 atom stereocenters. The van der Waals surface area contributed by atoms with Crippen LogP contribution in [0.2, 0.25) is 0 Å². The molecule has 0 aliphatic carbocycles. The van der Waals surface area contributed by atoms with Gasteiger partial charge in [-0.05, 0) is 68.9 Å². The average molecular weight is 505 g/mol. The van der Waals surface area contributed by atoms with E-state index in [1.807, 2.05) is 18.2 Å². The number of allylic oxidation sites excluding steroid dienone is 2. The van der Waals surface area contributed by atoms with Crippen LogP contribution in [0.25, 0.3) is 5.70 Å². The molecule has 1 fully saturated rings. The van der Waals surface area contributed by atoms with Gasteiger partial charge in [0.15, 0.2) is 11.5 Å². The minimum Gasteiger partial charge on any atom is -0.486 e. The third kappa shape index (κ3) is 6.45. The number of rotatable bonds is 8. The molecule has 3 aliphatic rings. The third-order valence-corrected chi connectivity index (χ3v) is 6.73. The number of amides is 1. The molecule has 5 rings (SSSR count). The molecule has 0 aromatic heterocycles. The number of anilines is 1. The number of hydrogen-bond donors (Lipinski definition) is 3. The lowest BCUT2D eigenvalue weighted by molar-refractivity contribution is -0.128. The predicted octanol–water partition coefficient (Wildman–Crippen LogP) is 3.37. The topological polar surface area (TPSA) is 84.1 Å². The quantitative estimate of drug-likeness (QED) is 0.508. The van der Waals surface area contributed by atoms with Gasteiger partial charge in [-0.3, -0.25) is 4.79 Å². The molecule has 2 aromatic carbocycles. The van der Waals surface area contributed by atoms with E-state index in [2.05, 4.69) is 71.4 Å². The van der Waals surface area contributed by atoms with Crippen molar-refractivity contribution >= 4 is 17.3 Å². The number of nitrogens with zero attached hydrogens (tertiary/aromatic N) is 1. The molecule has 8 nitrogen and oxygen atoms in total. The number of para-hydroxylation sites is 1. The molecule has 0 bridgehead atoms. The van der Waals surface area contributed by atoms with Crippen LogP contribution in [0.5, 0.6) is 11.5 Å². The maximum Gasteiger partial charge on any atom is 0.223 e. The highest BCUT2D eigenvalue weighted by Gasteiger charge is 2.27. The summed E-state index contributed by atoms with van der Waals surface area (Å²) in [6, 6.07) is 14.4. The number of dihydropyridines is 1. The van der Waals surface area contributed by atoms with E-state index in [1.54, 1.807) is 0 Å². The number of carbonyl (C=O) groups excluding carboxylic acids is 1. The van der Waals surface area contributed by atoms with Crippen molar-refractivity contribution < 1.29 is 19.0 Å². The van der Waals surface area contributed by atoms with Gasteiger partial charge in [-0.25, -0.2) is 0 Å². The fraction of sp³-hybridized carbons (Fsp3) is 0.414. The number of nitrogens with one attached hydrogen (secondary N) is 3. The largest absolute Gasteiger partial charge is 0.486 e. The van der Waals surface area contributed by atoms with Gasteiger partial charge >= 0.3 is 0 Å². The van der Waals surface area contributed by atoms with E-state index in [-0.39, 0.29) is 17.9 Å². The van der Waals surface area contributed by atoms with Gasteiger partial charge in [-0.2, -0.15) is 0 Å². The van der Waals surface area contributed by atoms with Crippen molar-refractivity contribution in [3.8, 4) is 11.5 Å². The number of benzene rings is 2. The van der Waals surface area contributed by atoms with Crippen molar-refractivity contribution in [1.29, 1.82) is 0 Å². The fourth-order valence-electron chi connectivity index (χ4n) is 4.83. The molecule has 196 valence electrons. The second kappa shape index (κ2) is 11.7. The highest BCUT2D eigenvalue weighted by Crippen LogP contribution is 2.38. The SMILES string of the molecule is CN(C)Cc1cccc(NC2=CC=C(c3cccc4c3OC(CNC(=O)C3CCOCC3)CO4)NC2)c1. The number of ether oxygens (including phenoxy) is 3. The summed E-state index contributed by atoms with van der Waals surface area (Å²) >= 11 is 0. The minimum atomic E-state index is -0.246. The summed E-state index contributed by atoms with van der Waals surface area (Å²) in [5.41, 5.74) is 5.34. The normalized spacial score (nSPS) is 19.5. The molecule has 1 unspecified atom stereocenters.